The monoisotopic (exact) mass is 384 g/mol. The summed E-state index contributed by atoms with van der Waals surface area (Å²) < 4.78 is 0. The Labute approximate surface area is 162 Å². The minimum Gasteiger partial charge on any atom is -0.480 e. The number of benzene rings is 2. The first-order valence-electron chi connectivity index (χ1n) is 8.13. The van der Waals surface area contributed by atoms with Gasteiger partial charge < -0.3 is 15.7 Å². The van der Waals surface area contributed by atoms with Gasteiger partial charge in [0.25, 0.3) is 5.91 Å². The van der Waals surface area contributed by atoms with Crippen molar-refractivity contribution in [3.63, 3.8) is 0 Å². The first-order chi connectivity index (χ1) is 12.8. The normalized spacial score (nSPS) is 10.8. The quantitative estimate of drug-likeness (QED) is 0.347. The number of carboxylic acids is 1. The van der Waals surface area contributed by atoms with E-state index in [9.17, 15) is 9.59 Å². The predicted octanol–water partition coefficient (Wildman–Crippen LogP) is 2.52. The van der Waals surface area contributed by atoms with Gasteiger partial charge in [0, 0.05) is 11.3 Å². The lowest BCUT2D eigenvalue weighted by Gasteiger charge is -2.09. The van der Waals surface area contributed by atoms with Crippen molar-refractivity contribution >= 4 is 40.6 Å². The van der Waals surface area contributed by atoms with Crippen LogP contribution in [-0.2, 0) is 4.79 Å². The summed E-state index contributed by atoms with van der Waals surface area (Å²) in [5, 5.41) is 18.4. The maximum Gasteiger partial charge on any atom is 0.322 e. The molecule has 0 aliphatic carbocycles. The number of carbonyl (C=O) groups is 2. The molecule has 2 rings (SSSR count). The summed E-state index contributed by atoms with van der Waals surface area (Å²) in [6.45, 7) is 3.48. The lowest BCUT2D eigenvalue weighted by atomic mass is 10.1. The number of amides is 1. The fourth-order valence-corrected chi connectivity index (χ4v) is 2.28. The number of carbonyl (C=O) groups excluding carboxylic acids is 1. The number of hydrazone groups is 1. The summed E-state index contributed by atoms with van der Waals surface area (Å²) in [5.41, 5.74) is 6.77. The molecule has 0 saturated heterocycles. The summed E-state index contributed by atoms with van der Waals surface area (Å²) in [5.74, 6) is -1.55. The summed E-state index contributed by atoms with van der Waals surface area (Å²) in [4.78, 5) is 22.2. The van der Waals surface area contributed by atoms with E-state index in [1.165, 1.54) is 5.56 Å². The van der Waals surface area contributed by atoms with Crippen molar-refractivity contribution in [2.75, 3.05) is 11.9 Å². The highest BCUT2D eigenvalue weighted by Crippen LogP contribution is 2.09. The maximum atomic E-state index is 11.8. The molecule has 0 atom stereocenters. The van der Waals surface area contributed by atoms with E-state index in [-0.39, 0.29) is 0 Å². The molecule has 140 valence electrons. The van der Waals surface area contributed by atoms with Gasteiger partial charge in [-0.2, -0.15) is 5.10 Å². The van der Waals surface area contributed by atoms with E-state index < -0.39 is 18.4 Å². The van der Waals surface area contributed by atoms with Gasteiger partial charge in [0.1, 0.15) is 6.54 Å². The lowest BCUT2D eigenvalue weighted by Crippen LogP contribution is -2.29. The molecule has 0 aromatic heterocycles. The third kappa shape index (κ3) is 6.52. The van der Waals surface area contributed by atoms with Crippen molar-refractivity contribution in [3.8, 4) is 0 Å². The molecule has 0 unspecified atom stereocenters. The highest BCUT2D eigenvalue weighted by molar-refractivity contribution is 7.80. The fraction of sp³-hybridized carbons (Fsp3) is 0.158. The van der Waals surface area contributed by atoms with Gasteiger partial charge in [0.15, 0.2) is 5.11 Å². The molecule has 8 heteroatoms. The first kappa shape index (κ1) is 20.1. The Bertz CT molecular complexity index is 862. The zero-order valence-corrected chi connectivity index (χ0v) is 15.8. The average molecular weight is 384 g/mol. The van der Waals surface area contributed by atoms with Gasteiger partial charge in [0.2, 0.25) is 0 Å². The first-order valence-corrected chi connectivity index (χ1v) is 8.54. The number of rotatable bonds is 6. The number of nitrogens with one attached hydrogen (secondary N) is 3. The van der Waals surface area contributed by atoms with Crippen LogP contribution in [0.5, 0.6) is 0 Å². The molecule has 0 spiro atoms. The Hall–Kier alpha value is -3.26. The molecule has 0 heterocycles. The van der Waals surface area contributed by atoms with Crippen LogP contribution in [0.1, 0.15) is 28.4 Å². The van der Waals surface area contributed by atoms with E-state index in [0.717, 1.165) is 11.3 Å². The zero-order valence-electron chi connectivity index (χ0n) is 14.9. The van der Waals surface area contributed by atoms with Crippen LogP contribution in [0, 0.1) is 6.92 Å². The molecule has 0 radical (unpaired) electrons. The number of hydrogen-bond donors (Lipinski definition) is 4. The van der Waals surface area contributed by atoms with Crippen molar-refractivity contribution in [1.29, 1.82) is 0 Å². The number of hydrogen-bond acceptors (Lipinski definition) is 4. The Kier molecular flexibility index (Phi) is 7.01. The lowest BCUT2D eigenvalue weighted by molar-refractivity contribution is -0.135. The Morgan fingerprint density at radius 3 is 2.22 bits per heavy atom. The van der Waals surface area contributed by atoms with Gasteiger partial charge in [0.05, 0.1) is 5.71 Å². The van der Waals surface area contributed by atoms with Gasteiger partial charge in [-0.15, -0.1) is 0 Å². The minimum absolute atomic E-state index is 0.310. The highest BCUT2D eigenvalue weighted by Gasteiger charge is 2.07. The third-order valence-corrected chi connectivity index (χ3v) is 3.79. The van der Waals surface area contributed by atoms with Crippen LogP contribution in [-0.4, -0.2) is 34.4 Å². The van der Waals surface area contributed by atoms with Gasteiger partial charge in [-0.1, -0.05) is 29.8 Å². The van der Waals surface area contributed by atoms with Gasteiger partial charge in [-0.25, -0.2) is 0 Å². The smallest absolute Gasteiger partial charge is 0.322 e. The van der Waals surface area contributed by atoms with Gasteiger partial charge in [-0.05, 0) is 55.9 Å². The van der Waals surface area contributed by atoms with Crippen LogP contribution in [0.25, 0.3) is 0 Å². The van der Waals surface area contributed by atoms with E-state index in [4.69, 9.17) is 17.3 Å². The van der Waals surface area contributed by atoms with E-state index in [2.05, 4.69) is 21.2 Å². The third-order valence-electron chi connectivity index (χ3n) is 3.60. The summed E-state index contributed by atoms with van der Waals surface area (Å²) >= 11 is 5.21. The fourth-order valence-electron chi connectivity index (χ4n) is 2.12. The molecule has 2 aromatic rings. The van der Waals surface area contributed by atoms with Crippen LogP contribution >= 0.6 is 12.2 Å². The molecule has 0 bridgehead atoms. The molecule has 1 amide bonds. The number of aliphatic carboxylic acids is 1. The van der Waals surface area contributed by atoms with E-state index in [1.54, 1.807) is 24.3 Å². The number of carboxylic acid groups (broad SMARTS) is 1. The Morgan fingerprint density at radius 2 is 1.63 bits per heavy atom. The number of aryl methyl sites for hydroxylation is 1. The Morgan fingerprint density at radius 1 is 1.04 bits per heavy atom. The van der Waals surface area contributed by atoms with Crippen molar-refractivity contribution < 1.29 is 14.7 Å². The molecular weight excluding hydrogens is 364 g/mol. The predicted molar refractivity (Wildman–Crippen MR) is 109 cm³/mol. The molecule has 2 aromatic carbocycles. The summed E-state index contributed by atoms with van der Waals surface area (Å²) in [6.07, 6.45) is 0. The molecule has 4 N–H and O–H groups in total. The number of anilines is 1. The standard InChI is InChI=1S/C19H20N4O3S/c1-12-3-5-14(6-4-12)13(2)22-23-19(27)21-16-9-7-15(8-10-16)18(26)20-11-17(24)25/h3-10H,11H2,1-2H3,(H,20,26)(H,24,25)(H2,21,23,27)/b22-13+. The van der Waals surface area contributed by atoms with Gasteiger partial charge >= 0.3 is 5.97 Å². The zero-order chi connectivity index (χ0) is 19.8. The molecule has 0 aliphatic rings. The largest absolute Gasteiger partial charge is 0.480 e. The molecule has 27 heavy (non-hydrogen) atoms. The summed E-state index contributed by atoms with van der Waals surface area (Å²) in [6, 6.07) is 14.5. The van der Waals surface area contributed by atoms with E-state index in [0.29, 0.717) is 16.4 Å². The van der Waals surface area contributed by atoms with E-state index >= 15 is 0 Å². The van der Waals surface area contributed by atoms with Crippen LogP contribution in [0.2, 0.25) is 0 Å². The second-order valence-corrected chi connectivity index (χ2v) is 6.19. The van der Waals surface area contributed by atoms with Crippen molar-refractivity contribution in [2.24, 2.45) is 5.10 Å². The average Bonchev–Trinajstić information content (AvgIpc) is 2.65. The Balaban J connectivity index is 1.90. The van der Waals surface area contributed by atoms with Crippen LogP contribution in [0.15, 0.2) is 53.6 Å². The maximum absolute atomic E-state index is 11.8. The number of nitrogens with zero attached hydrogens (tertiary/aromatic N) is 1. The molecule has 7 nitrogen and oxygen atoms in total. The molecule has 0 aliphatic heterocycles. The minimum atomic E-state index is -1.10. The van der Waals surface area contributed by atoms with Crippen molar-refractivity contribution in [3.05, 3.63) is 65.2 Å². The van der Waals surface area contributed by atoms with Crippen LogP contribution in [0.4, 0.5) is 5.69 Å². The van der Waals surface area contributed by atoms with Crippen LogP contribution in [0.3, 0.4) is 0 Å². The topological polar surface area (TPSA) is 103 Å². The molecular formula is C19H20N4O3S. The molecule has 0 saturated carbocycles. The second kappa shape index (κ2) is 9.44. The molecule has 0 fully saturated rings. The van der Waals surface area contributed by atoms with Crippen molar-refractivity contribution in [1.82, 2.24) is 10.7 Å². The summed E-state index contributed by atoms with van der Waals surface area (Å²) in [7, 11) is 0. The van der Waals surface area contributed by atoms with E-state index in [1.807, 2.05) is 38.1 Å². The highest BCUT2D eigenvalue weighted by atomic mass is 32.1. The SMILES string of the molecule is C/C(=N\NC(=S)Nc1ccc(C(=O)NCC(=O)O)cc1)c1ccc(C)cc1. The van der Waals surface area contributed by atoms with Crippen molar-refractivity contribution in [2.45, 2.75) is 13.8 Å². The van der Waals surface area contributed by atoms with Crippen LogP contribution < -0.4 is 16.1 Å². The second-order valence-electron chi connectivity index (χ2n) is 5.78. The van der Waals surface area contributed by atoms with Gasteiger partial charge in [-0.3, -0.25) is 15.0 Å². The number of thiocarbonyl (C=S) groups is 1.